The average molecular weight is 364 g/mol. The van der Waals surface area contributed by atoms with E-state index in [4.69, 9.17) is 4.74 Å². The fourth-order valence-corrected chi connectivity index (χ4v) is 1.89. The van der Waals surface area contributed by atoms with Crippen LogP contribution in [0, 0.1) is 0 Å². The molecule has 0 N–H and O–H groups in total. The Balaban J connectivity index is 3.46. The molecule has 0 saturated carbocycles. The van der Waals surface area contributed by atoms with Gasteiger partial charge in [0.25, 0.3) is 0 Å². The third-order valence-electron chi connectivity index (χ3n) is 2.59. The first-order valence-corrected chi connectivity index (χ1v) is 7.13. The number of rotatable bonds is 4. The van der Waals surface area contributed by atoms with Gasteiger partial charge in [0.2, 0.25) is 0 Å². The number of halogens is 6. The maximum atomic E-state index is 12.8. The minimum absolute atomic E-state index is 0.205. The van der Waals surface area contributed by atoms with E-state index in [0.29, 0.717) is 6.92 Å². The molecule has 0 radical (unpaired) electrons. The topological polar surface area (TPSA) is 52.6 Å². The summed E-state index contributed by atoms with van der Waals surface area (Å²) >= 11 is 0. The van der Waals surface area contributed by atoms with Crippen molar-refractivity contribution in [3.8, 4) is 5.75 Å². The van der Waals surface area contributed by atoms with Crippen molar-refractivity contribution in [2.45, 2.75) is 18.6 Å². The molecule has 0 aliphatic carbocycles. The Morgan fingerprint density at radius 1 is 1.00 bits per heavy atom. The van der Waals surface area contributed by atoms with Crippen molar-refractivity contribution in [1.82, 2.24) is 0 Å². The molecule has 0 aliphatic rings. The molecule has 0 saturated heterocycles. The molecule has 11 heteroatoms. The standard InChI is InChI=1S/C12H10F6O4S/c1-7(11(13,14)15)10(22-23(19,20)12(16,17)18)8-3-5-9(21-2)6-4-8/h3-6H,1-2H3/b10-7+. The molecule has 1 aromatic rings. The van der Waals surface area contributed by atoms with E-state index < -0.39 is 38.7 Å². The number of alkyl halides is 6. The molecule has 130 valence electrons. The minimum Gasteiger partial charge on any atom is -0.497 e. The number of hydrogen-bond donors (Lipinski definition) is 0. The highest BCUT2D eigenvalue weighted by molar-refractivity contribution is 7.87. The minimum atomic E-state index is -6.26. The van der Waals surface area contributed by atoms with E-state index in [1.165, 1.54) is 7.11 Å². The Bertz CT molecular complexity index is 686. The molecule has 0 fully saturated rings. The van der Waals surface area contributed by atoms with Crippen molar-refractivity contribution >= 4 is 15.9 Å². The first-order chi connectivity index (χ1) is 10.3. The summed E-state index contributed by atoms with van der Waals surface area (Å²) in [6.07, 6.45) is -5.09. The molecule has 23 heavy (non-hydrogen) atoms. The first kappa shape index (κ1) is 19.1. The molecular weight excluding hydrogens is 354 g/mol. The van der Waals surface area contributed by atoms with Gasteiger partial charge < -0.3 is 8.92 Å². The van der Waals surface area contributed by atoms with Gasteiger partial charge in [0.05, 0.1) is 12.7 Å². The van der Waals surface area contributed by atoms with Crippen molar-refractivity contribution in [2.75, 3.05) is 7.11 Å². The summed E-state index contributed by atoms with van der Waals surface area (Å²) in [6, 6.07) is 4.16. The van der Waals surface area contributed by atoms with E-state index in [9.17, 15) is 34.8 Å². The van der Waals surface area contributed by atoms with Gasteiger partial charge in [-0.05, 0) is 31.2 Å². The van der Waals surface area contributed by atoms with Crippen molar-refractivity contribution < 1.29 is 43.7 Å². The van der Waals surface area contributed by atoms with Gasteiger partial charge in [0, 0.05) is 5.56 Å². The van der Waals surface area contributed by atoms with E-state index in [1.807, 2.05) is 0 Å². The molecule has 1 rings (SSSR count). The number of hydrogen-bond acceptors (Lipinski definition) is 4. The molecule has 0 heterocycles. The highest BCUT2D eigenvalue weighted by Crippen LogP contribution is 2.37. The summed E-state index contributed by atoms with van der Waals surface area (Å²) in [4.78, 5) is 0. The predicted octanol–water partition coefficient (Wildman–Crippen LogP) is 3.85. The third-order valence-corrected chi connectivity index (χ3v) is 3.55. The predicted molar refractivity (Wildman–Crippen MR) is 67.7 cm³/mol. The van der Waals surface area contributed by atoms with Crippen molar-refractivity contribution in [3.05, 3.63) is 35.4 Å². The summed E-state index contributed by atoms with van der Waals surface area (Å²) < 4.78 is 106. The summed E-state index contributed by atoms with van der Waals surface area (Å²) in [6.45, 7) is 0.408. The molecule has 0 atom stereocenters. The van der Waals surface area contributed by atoms with Crippen LogP contribution in [0.1, 0.15) is 12.5 Å². The summed E-state index contributed by atoms with van der Waals surface area (Å²) in [5, 5.41) is 0. The monoisotopic (exact) mass is 364 g/mol. The summed E-state index contributed by atoms with van der Waals surface area (Å²) in [5.74, 6) is -1.26. The Morgan fingerprint density at radius 3 is 1.83 bits per heavy atom. The van der Waals surface area contributed by atoms with Gasteiger partial charge in [-0.2, -0.15) is 34.8 Å². The fraction of sp³-hybridized carbons (Fsp3) is 0.333. The van der Waals surface area contributed by atoms with E-state index in [1.54, 1.807) is 0 Å². The quantitative estimate of drug-likeness (QED) is 0.352. The van der Waals surface area contributed by atoms with Gasteiger partial charge >= 0.3 is 21.8 Å². The van der Waals surface area contributed by atoms with Gasteiger partial charge in [-0.15, -0.1) is 0 Å². The molecule has 0 bridgehead atoms. The Labute approximate surface area is 127 Å². The van der Waals surface area contributed by atoms with Crippen LogP contribution in [0.3, 0.4) is 0 Å². The van der Waals surface area contributed by atoms with Gasteiger partial charge in [-0.1, -0.05) is 0 Å². The van der Waals surface area contributed by atoms with Crippen molar-refractivity contribution in [1.29, 1.82) is 0 Å². The van der Waals surface area contributed by atoms with Crippen LogP contribution in [-0.2, 0) is 14.3 Å². The molecule has 1 aromatic carbocycles. The van der Waals surface area contributed by atoms with Crippen LogP contribution in [-0.4, -0.2) is 27.2 Å². The van der Waals surface area contributed by atoms with Crippen LogP contribution in [0.2, 0.25) is 0 Å². The molecule has 0 amide bonds. The van der Waals surface area contributed by atoms with Crippen LogP contribution in [0.25, 0.3) is 5.76 Å². The first-order valence-electron chi connectivity index (χ1n) is 5.73. The number of allylic oxidation sites excluding steroid dienone is 1. The second kappa shape index (κ2) is 6.30. The third kappa shape index (κ3) is 4.53. The summed E-state index contributed by atoms with van der Waals surface area (Å²) in [7, 11) is -4.99. The lowest BCUT2D eigenvalue weighted by atomic mass is 10.1. The van der Waals surface area contributed by atoms with Gasteiger partial charge in [0.1, 0.15) is 5.75 Å². The average Bonchev–Trinajstić information content (AvgIpc) is 2.42. The highest BCUT2D eigenvalue weighted by Gasteiger charge is 2.50. The molecule has 4 nitrogen and oxygen atoms in total. The second-order valence-electron chi connectivity index (χ2n) is 4.16. The smallest absolute Gasteiger partial charge is 0.497 e. The number of methoxy groups -OCH3 is 1. The van der Waals surface area contributed by atoms with Crippen LogP contribution in [0.5, 0.6) is 5.75 Å². The zero-order valence-corrected chi connectivity index (χ0v) is 12.4. The van der Waals surface area contributed by atoms with E-state index in [-0.39, 0.29) is 5.75 Å². The lowest BCUT2D eigenvalue weighted by Crippen LogP contribution is -2.26. The molecule has 0 spiro atoms. The Morgan fingerprint density at radius 2 is 1.48 bits per heavy atom. The molecule has 0 aromatic heterocycles. The molecule has 0 aliphatic heterocycles. The van der Waals surface area contributed by atoms with E-state index in [0.717, 1.165) is 24.3 Å². The van der Waals surface area contributed by atoms with Crippen LogP contribution in [0.4, 0.5) is 26.3 Å². The molecule has 0 unspecified atom stereocenters. The second-order valence-corrected chi connectivity index (χ2v) is 5.70. The Hall–Kier alpha value is -1.91. The Kier molecular flexibility index (Phi) is 5.24. The molecular formula is C12H10F6O4S. The SMILES string of the molecule is COc1ccc(/C(OS(=O)(=O)C(F)(F)F)=C(/C)C(F)(F)F)cc1. The number of benzene rings is 1. The van der Waals surface area contributed by atoms with Crippen molar-refractivity contribution in [3.63, 3.8) is 0 Å². The summed E-state index contributed by atoms with van der Waals surface area (Å²) in [5.41, 5.74) is -8.00. The maximum absolute atomic E-state index is 12.8. The maximum Gasteiger partial charge on any atom is 0.534 e. The zero-order valence-electron chi connectivity index (χ0n) is 11.6. The van der Waals surface area contributed by atoms with E-state index in [2.05, 4.69) is 4.18 Å². The van der Waals surface area contributed by atoms with Crippen molar-refractivity contribution in [2.24, 2.45) is 0 Å². The van der Waals surface area contributed by atoms with Crippen LogP contribution >= 0.6 is 0 Å². The normalized spacial score (nSPS) is 14.3. The van der Waals surface area contributed by atoms with Gasteiger partial charge in [0.15, 0.2) is 5.76 Å². The largest absolute Gasteiger partial charge is 0.534 e. The number of ether oxygens (including phenoxy) is 1. The lowest BCUT2D eigenvalue weighted by Gasteiger charge is -2.17. The lowest BCUT2D eigenvalue weighted by molar-refractivity contribution is -0.0919. The van der Waals surface area contributed by atoms with Gasteiger partial charge in [-0.3, -0.25) is 0 Å². The van der Waals surface area contributed by atoms with Crippen LogP contribution < -0.4 is 4.74 Å². The fourth-order valence-electron chi connectivity index (χ4n) is 1.36. The van der Waals surface area contributed by atoms with E-state index >= 15 is 0 Å². The zero-order chi connectivity index (χ0) is 18.1. The van der Waals surface area contributed by atoms with Gasteiger partial charge in [-0.25, -0.2) is 0 Å². The highest BCUT2D eigenvalue weighted by atomic mass is 32.2. The van der Waals surface area contributed by atoms with Crippen LogP contribution in [0.15, 0.2) is 29.8 Å².